The molecule has 0 saturated heterocycles. The van der Waals surface area contributed by atoms with Gasteiger partial charge in [-0.1, -0.05) is 107 Å². The van der Waals surface area contributed by atoms with Crippen LogP contribution in [0.5, 0.6) is 0 Å². The van der Waals surface area contributed by atoms with Gasteiger partial charge in [-0.15, -0.1) is 0 Å². The van der Waals surface area contributed by atoms with Gasteiger partial charge in [0.25, 0.3) is 0 Å². The molecule has 0 bridgehead atoms. The van der Waals surface area contributed by atoms with Crippen molar-refractivity contribution in [3.8, 4) is 0 Å². The van der Waals surface area contributed by atoms with Gasteiger partial charge in [0.2, 0.25) is 0 Å². The minimum absolute atomic E-state index is 0. The van der Waals surface area contributed by atoms with E-state index in [-0.39, 0.29) is 41.3 Å². The molecule has 8 nitrogen and oxygen atoms in total. The monoisotopic (exact) mass is 646 g/mol. The molecule has 0 aromatic rings. The van der Waals surface area contributed by atoms with Gasteiger partial charge in [0.1, 0.15) is 0 Å². The van der Waals surface area contributed by atoms with E-state index in [0.29, 0.717) is 25.7 Å². The zero-order valence-corrected chi connectivity index (χ0v) is 29.5. The van der Waals surface area contributed by atoms with Crippen LogP contribution in [0.4, 0.5) is 0 Å². The van der Waals surface area contributed by atoms with E-state index in [1.165, 1.54) is 0 Å². The number of aliphatic carboxylic acids is 4. The minimum atomic E-state index is -0.893. The molecule has 0 aliphatic carbocycles. The van der Waals surface area contributed by atoms with Gasteiger partial charge in [0, 0.05) is 23.9 Å². The van der Waals surface area contributed by atoms with E-state index in [1.807, 2.05) is 27.7 Å². The first-order valence-corrected chi connectivity index (χ1v) is 15.7. The number of carboxylic acids is 4. The molecule has 240 valence electrons. The average molecular weight is 645 g/mol. The third-order valence-corrected chi connectivity index (χ3v) is 6.93. The quantitative estimate of drug-likeness (QED) is 0.182. The van der Waals surface area contributed by atoms with E-state index in [9.17, 15) is 39.6 Å². The normalized spacial score (nSPS) is 12.7. The molecule has 0 fully saturated rings. The van der Waals surface area contributed by atoms with Gasteiger partial charge in [0.05, 0.1) is 0 Å². The molecule has 0 spiro atoms. The van der Waals surface area contributed by atoms with Crippen molar-refractivity contribution in [2.24, 2.45) is 23.7 Å². The van der Waals surface area contributed by atoms with Gasteiger partial charge in [-0.25, -0.2) is 0 Å². The van der Waals surface area contributed by atoms with E-state index in [0.717, 1.165) is 77.0 Å². The minimum Gasteiger partial charge on any atom is -0.550 e. The van der Waals surface area contributed by atoms with Gasteiger partial charge in [0.15, 0.2) is 0 Å². The van der Waals surface area contributed by atoms with Crippen LogP contribution in [0.3, 0.4) is 0 Å². The molecule has 0 aliphatic rings. The Balaban J connectivity index is -0.000000139. The summed E-state index contributed by atoms with van der Waals surface area (Å²) in [7, 11) is 0. The second kappa shape index (κ2) is 36.4. The van der Waals surface area contributed by atoms with E-state index in [1.54, 1.807) is 0 Å². The second-order valence-corrected chi connectivity index (χ2v) is 10.3. The number of hydrogen-bond donors (Lipinski definition) is 0. The molecular formula is C32H60GeO8. The van der Waals surface area contributed by atoms with Crippen LogP contribution in [-0.2, 0) is 19.2 Å². The Kier molecular flexibility index (Phi) is 43.7. The topological polar surface area (TPSA) is 161 Å². The first-order chi connectivity index (χ1) is 18.9. The number of rotatable bonds is 20. The number of hydrogen-bond acceptors (Lipinski definition) is 8. The van der Waals surface area contributed by atoms with Crippen LogP contribution in [-0.4, -0.2) is 41.5 Å². The molecule has 0 radical (unpaired) electrons. The zero-order valence-electron chi connectivity index (χ0n) is 27.4. The van der Waals surface area contributed by atoms with Gasteiger partial charge >= 0.3 is 17.6 Å². The van der Waals surface area contributed by atoms with Crippen molar-refractivity contribution in [2.45, 2.75) is 158 Å². The molecule has 0 heterocycles. The van der Waals surface area contributed by atoms with Gasteiger partial charge in [-0.05, 0) is 75.0 Å². The Bertz CT molecular complexity index is 509. The van der Waals surface area contributed by atoms with Crippen LogP contribution in [0.1, 0.15) is 158 Å². The standard InChI is InChI=1S/4C8H16O2.Ge/c4*1-3-5-6-7(4-2)8(9)10;/h4*7H,3-6H2,1-2H3,(H,9,10);/q;;;;+4/p-4. The molecule has 4 atom stereocenters. The van der Waals surface area contributed by atoms with Crippen molar-refractivity contribution < 1.29 is 39.6 Å². The summed E-state index contributed by atoms with van der Waals surface area (Å²) >= 11 is 0. The van der Waals surface area contributed by atoms with E-state index in [2.05, 4.69) is 27.7 Å². The Morgan fingerprint density at radius 1 is 0.390 bits per heavy atom. The predicted molar refractivity (Wildman–Crippen MR) is 159 cm³/mol. The van der Waals surface area contributed by atoms with Crippen LogP contribution >= 0.6 is 0 Å². The second-order valence-electron chi connectivity index (χ2n) is 10.3. The summed E-state index contributed by atoms with van der Waals surface area (Å²) in [5, 5.41) is 41.3. The van der Waals surface area contributed by atoms with Crippen molar-refractivity contribution in [2.75, 3.05) is 0 Å². The Morgan fingerprint density at radius 2 is 0.537 bits per heavy atom. The number of carbonyl (C=O) groups excluding carboxylic acids is 4. The maximum Gasteiger partial charge on any atom is 4.00 e. The molecule has 41 heavy (non-hydrogen) atoms. The van der Waals surface area contributed by atoms with Crippen LogP contribution in [0.15, 0.2) is 0 Å². The third-order valence-electron chi connectivity index (χ3n) is 6.93. The molecule has 0 amide bonds. The Morgan fingerprint density at radius 3 is 0.610 bits per heavy atom. The third kappa shape index (κ3) is 34.5. The van der Waals surface area contributed by atoms with Gasteiger partial charge in [-0.3, -0.25) is 0 Å². The number of unbranched alkanes of at least 4 members (excludes halogenated alkanes) is 4. The number of carbonyl (C=O) groups is 4. The van der Waals surface area contributed by atoms with Crippen LogP contribution in [0.2, 0.25) is 0 Å². The molecule has 0 saturated carbocycles. The van der Waals surface area contributed by atoms with Crippen molar-refractivity contribution in [3.63, 3.8) is 0 Å². The molecule has 9 heteroatoms. The Hall–Kier alpha value is -1.58. The SMILES string of the molecule is CCCCC(CC)C(=O)[O-].CCCCC(CC)C(=O)[O-].CCCCC(CC)C(=O)[O-].CCCCC(CC)C(=O)[O-].[Ge+4]. The van der Waals surface area contributed by atoms with Gasteiger partial charge in [-0.2, -0.15) is 0 Å². The fraction of sp³-hybridized carbons (Fsp3) is 0.875. The maximum atomic E-state index is 10.3. The van der Waals surface area contributed by atoms with Crippen molar-refractivity contribution >= 4 is 41.5 Å². The molecule has 0 aromatic heterocycles. The first-order valence-electron chi connectivity index (χ1n) is 15.7. The van der Waals surface area contributed by atoms with Crippen LogP contribution in [0.25, 0.3) is 0 Å². The summed E-state index contributed by atoms with van der Waals surface area (Å²) < 4.78 is 0. The smallest absolute Gasteiger partial charge is 0.550 e. The van der Waals surface area contributed by atoms with Crippen LogP contribution < -0.4 is 20.4 Å². The molecule has 0 aliphatic heterocycles. The summed E-state index contributed by atoms with van der Waals surface area (Å²) in [4.78, 5) is 41.3. The van der Waals surface area contributed by atoms with E-state index in [4.69, 9.17) is 0 Å². The summed E-state index contributed by atoms with van der Waals surface area (Å²) in [6.07, 6.45) is 14.1. The zero-order chi connectivity index (χ0) is 31.9. The molecular weight excluding hydrogens is 585 g/mol. The Labute approximate surface area is 262 Å². The van der Waals surface area contributed by atoms with Crippen molar-refractivity contribution in [3.05, 3.63) is 0 Å². The fourth-order valence-corrected chi connectivity index (χ4v) is 3.76. The van der Waals surface area contributed by atoms with Crippen LogP contribution in [0, 0.1) is 23.7 Å². The summed E-state index contributed by atoms with van der Waals surface area (Å²) in [5.41, 5.74) is 0. The summed E-state index contributed by atoms with van der Waals surface area (Å²) in [5.74, 6) is -4.46. The molecule has 4 unspecified atom stereocenters. The summed E-state index contributed by atoms with van der Waals surface area (Å²) in [6.45, 7) is 15.8. The first kappa shape index (κ1) is 49.1. The van der Waals surface area contributed by atoms with Crippen molar-refractivity contribution in [1.82, 2.24) is 0 Å². The molecule has 0 aromatic carbocycles. The van der Waals surface area contributed by atoms with E-state index >= 15 is 0 Å². The largest absolute Gasteiger partial charge is 4.00 e. The maximum absolute atomic E-state index is 10.3. The molecule has 0 N–H and O–H groups in total. The molecule has 0 rings (SSSR count). The average Bonchev–Trinajstić information content (AvgIpc) is 2.91. The van der Waals surface area contributed by atoms with Crippen molar-refractivity contribution in [1.29, 1.82) is 0 Å². The fourth-order valence-electron chi connectivity index (χ4n) is 3.76. The predicted octanol–water partition coefficient (Wildman–Crippen LogP) is 3.43. The van der Waals surface area contributed by atoms with E-state index < -0.39 is 23.9 Å². The van der Waals surface area contributed by atoms with Gasteiger partial charge < -0.3 is 39.6 Å². The summed E-state index contributed by atoms with van der Waals surface area (Å²) in [6, 6.07) is 0. The number of carboxylic acid groups (broad SMARTS) is 4.